The molecule has 0 aliphatic heterocycles. The first-order chi connectivity index (χ1) is 8.52. The summed E-state index contributed by atoms with van der Waals surface area (Å²) in [7, 11) is 1.65. The molecule has 1 fully saturated rings. The van der Waals surface area contributed by atoms with Gasteiger partial charge in [0.25, 0.3) is 0 Å². The van der Waals surface area contributed by atoms with Crippen molar-refractivity contribution in [3.8, 4) is 0 Å². The summed E-state index contributed by atoms with van der Waals surface area (Å²) in [6.07, 6.45) is 4.91. The molecule has 0 aromatic heterocycles. The monoisotopic (exact) mass is 300 g/mol. The predicted octanol–water partition coefficient (Wildman–Crippen LogP) is 0.114. The molecule has 1 unspecified atom stereocenters. The first kappa shape index (κ1) is 17.4. The van der Waals surface area contributed by atoms with Crippen LogP contribution in [0.2, 0.25) is 0 Å². The Morgan fingerprint density at radius 3 is 2.25 bits per heavy atom. The van der Waals surface area contributed by atoms with Crippen molar-refractivity contribution in [2.75, 3.05) is 7.11 Å². The minimum Gasteiger partial charge on any atom is -1.00 e. The molecule has 4 heteroatoms. The van der Waals surface area contributed by atoms with E-state index >= 15 is 0 Å². The molecular formula is C16H17ClMgO2. The molecule has 1 spiro atoms. The Morgan fingerprint density at radius 1 is 1.20 bits per heavy atom. The van der Waals surface area contributed by atoms with E-state index in [1.54, 1.807) is 7.11 Å². The van der Waals surface area contributed by atoms with Gasteiger partial charge in [-0.3, -0.25) is 4.79 Å². The van der Waals surface area contributed by atoms with Crippen LogP contribution >= 0.6 is 0 Å². The number of benzene rings is 1. The Hall–Kier alpha value is -0.644. The van der Waals surface area contributed by atoms with Gasteiger partial charge in [0.05, 0.1) is 7.11 Å². The van der Waals surface area contributed by atoms with Crippen molar-refractivity contribution in [1.29, 1.82) is 0 Å². The molecule has 20 heavy (non-hydrogen) atoms. The van der Waals surface area contributed by atoms with Crippen LogP contribution in [0.3, 0.4) is 0 Å². The van der Waals surface area contributed by atoms with E-state index in [4.69, 9.17) is 4.74 Å². The molecule has 2 aliphatic carbocycles. The van der Waals surface area contributed by atoms with Crippen molar-refractivity contribution in [2.45, 2.75) is 20.3 Å². The van der Waals surface area contributed by atoms with Crippen molar-refractivity contribution in [2.24, 2.45) is 10.8 Å². The second kappa shape index (κ2) is 5.62. The topological polar surface area (TPSA) is 26.3 Å². The van der Waals surface area contributed by atoms with Gasteiger partial charge in [0.15, 0.2) is 5.78 Å². The van der Waals surface area contributed by atoms with Gasteiger partial charge in [-0.1, -0.05) is 43.7 Å². The van der Waals surface area contributed by atoms with Crippen LogP contribution in [0.25, 0.3) is 5.76 Å². The number of hydrogen-bond acceptors (Lipinski definition) is 2. The zero-order valence-electron chi connectivity index (χ0n) is 12.1. The molecule has 1 atom stereocenters. The number of carbonyl (C=O) groups excluding carboxylic acids is 1. The molecule has 1 saturated carbocycles. The summed E-state index contributed by atoms with van der Waals surface area (Å²) in [5, 5.41) is 0. The molecule has 2 aliphatic rings. The minimum absolute atomic E-state index is 0. The van der Waals surface area contributed by atoms with Crippen LogP contribution < -0.4 is 12.4 Å². The molecule has 0 saturated heterocycles. The van der Waals surface area contributed by atoms with E-state index in [2.05, 4.69) is 13.8 Å². The zero-order chi connectivity index (χ0) is 13.0. The standard InChI is InChI=1S/C16H17O2.ClH.Mg/c1-15(2)10-16(15)9-8-13(18-3)11-6-4-5-7-12(11)14(16)17;;/h4-9H,10H2,1-3H3;1H;/q-1;;+2/p-1. The van der Waals surface area contributed by atoms with Gasteiger partial charge < -0.3 is 17.1 Å². The summed E-state index contributed by atoms with van der Waals surface area (Å²) in [4.78, 5) is 12.8. The van der Waals surface area contributed by atoms with Crippen LogP contribution in [0.1, 0.15) is 36.2 Å². The van der Waals surface area contributed by atoms with Crippen LogP contribution in [-0.2, 0) is 4.74 Å². The third-order valence-electron chi connectivity index (χ3n) is 4.38. The fourth-order valence-corrected chi connectivity index (χ4v) is 3.02. The van der Waals surface area contributed by atoms with E-state index in [1.807, 2.05) is 36.8 Å². The molecule has 2 nitrogen and oxygen atoms in total. The number of carbonyl (C=O) groups is 1. The average molecular weight is 301 g/mol. The van der Waals surface area contributed by atoms with Crippen LogP contribution in [0.4, 0.5) is 0 Å². The molecule has 3 rings (SSSR count). The minimum atomic E-state index is -0.330. The smallest absolute Gasteiger partial charge is 1.00 e. The van der Waals surface area contributed by atoms with E-state index in [1.165, 1.54) is 0 Å². The van der Waals surface area contributed by atoms with Gasteiger partial charge in [-0.05, 0) is 23.0 Å². The van der Waals surface area contributed by atoms with E-state index in [0.717, 1.165) is 23.3 Å². The second-order valence-electron chi connectivity index (χ2n) is 5.81. The number of fused-ring (bicyclic) bond motifs is 1. The van der Waals surface area contributed by atoms with Gasteiger partial charge in [0.1, 0.15) is 0 Å². The van der Waals surface area contributed by atoms with Crippen molar-refractivity contribution in [3.63, 3.8) is 0 Å². The van der Waals surface area contributed by atoms with Crippen molar-refractivity contribution in [1.82, 2.24) is 0 Å². The van der Waals surface area contributed by atoms with Gasteiger partial charge in [-0.15, -0.1) is 0 Å². The van der Waals surface area contributed by atoms with Crippen molar-refractivity contribution < 1.29 is 21.9 Å². The van der Waals surface area contributed by atoms with Crippen LogP contribution in [-0.4, -0.2) is 35.9 Å². The maximum absolute atomic E-state index is 12.8. The summed E-state index contributed by atoms with van der Waals surface area (Å²) in [6.45, 7) is 4.30. The van der Waals surface area contributed by atoms with E-state index < -0.39 is 0 Å². The molecule has 1 aromatic rings. The van der Waals surface area contributed by atoms with Gasteiger partial charge in [-0.25, -0.2) is 6.42 Å². The first-order valence-electron chi connectivity index (χ1n) is 6.26. The number of halogens is 1. The summed E-state index contributed by atoms with van der Waals surface area (Å²) < 4.78 is 5.41. The Morgan fingerprint density at radius 2 is 1.75 bits per heavy atom. The number of allylic oxidation sites excluding steroid dienone is 1. The molecule has 102 valence electrons. The molecule has 0 N–H and O–H groups in total. The quantitative estimate of drug-likeness (QED) is 0.544. The zero-order valence-corrected chi connectivity index (χ0v) is 14.2. The van der Waals surface area contributed by atoms with Gasteiger partial charge in [0, 0.05) is 5.56 Å². The fraction of sp³-hybridized carbons (Fsp3) is 0.375. The van der Waals surface area contributed by atoms with E-state index in [9.17, 15) is 4.79 Å². The fourth-order valence-electron chi connectivity index (χ4n) is 3.02. The molecule has 0 heterocycles. The number of ketones is 1. The number of methoxy groups -OCH3 is 1. The first-order valence-corrected chi connectivity index (χ1v) is 6.26. The molecule has 0 radical (unpaired) electrons. The summed E-state index contributed by atoms with van der Waals surface area (Å²) in [5.41, 5.74) is 1.41. The normalized spacial score (nSPS) is 25.1. The SMILES string of the molecule is COC1=C[CH-]C2(CC2(C)C)C(=O)c2ccccc21.[Cl-].[Mg+2]. The third kappa shape index (κ3) is 2.26. The Kier molecular flexibility index (Phi) is 4.90. The van der Waals surface area contributed by atoms with Crippen LogP contribution in [0.5, 0.6) is 0 Å². The Bertz CT molecular complexity index is 565. The molecule has 0 amide bonds. The maximum Gasteiger partial charge on any atom is 2.00 e. The number of ether oxygens (including phenoxy) is 1. The summed E-state index contributed by atoms with van der Waals surface area (Å²) >= 11 is 0. The van der Waals surface area contributed by atoms with Crippen molar-refractivity contribution >= 4 is 34.6 Å². The third-order valence-corrected chi connectivity index (χ3v) is 4.38. The Balaban J connectivity index is 0.000001000. The average Bonchev–Trinajstić information content (AvgIpc) is 2.95. The van der Waals surface area contributed by atoms with Crippen LogP contribution in [0, 0.1) is 17.3 Å². The predicted molar refractivity (Wildman–Crippen MR) is 76.6 cm³/mol. The molecular weight excluding hydrogens is 284 g/mol. The number of rotatable bonds is 1. The van der Waals surface area contributed by atoms with Gasteiger partial charge >= 0.3 is 23.1 Å². The summed E-state index contributed by atoms with van der Waals surface area (Å²) in [5.74, 6) is 1.00. The summed E-state index contributed by atoms with van der Waals surface area (Å²) in [6, 6.07) is 7.71. The van der Waals surface area contributed by atoms with Gasteiger partial charge in [-0.2, -0.15) is 6.08 Å². The Labute approximate surface area is 142 Å². The van der Waals surface area contributed by atoms with E-state index in [-0.39, 0.29) is 52.1 Å². The van der Waals surface area contributed by atoms with Crippen molar-refractivity contribution in [3.05, 3.63) is 47.9 Å². The van der Waals surface area contributed by atoms with Gasteiger partial charge in [0.2, 0.25) is 0 Å². The second-order valence-corrected chi connectivity index (χ2v) is 5.81. The largest absolute Gasteiger partial charge is 2.00 e. The maximum atomic E-state index is 12.8. The molecule has 1 aromatic carbocycles. The van der Waals surface area contributed by atoms with E-state index in [0.29, 0.717) is 0 Å². The number of hydrogen-bond donors (Lipinski definition) is 0. The molecule has 0 bridgehead atoms. The van der Waals surface area contributed by atoms with Crippen LogP contribution in [0.15, 0.2) is 30.3 Å². The number of Topliss-reactive ketones (excluding diaryl/α,β-unsaturated/α-hetero) is 1.